The van der Waals surface area contributed by atoms with E-state index < -0.39 is 0 Å². The van der Waals surface area contributed by atoms with Gasteiger partial charge >= 0.3 is 0 Å². The number of ether oxygens (including phenoxy) is 1. The Morgan fingerprint density at radius 2 is 2.16 bits per heavy atom. The highest BCUT2D eigenvalue weighted by atomic mass is 79.9. The van der Waals surface area contributed by atoms with Crippen LogP contribution in [0.25, 0.3) is 0 Å². The summed E-state index contributed by atoms with van der Waals surface area (Å²) in [6.45, 7) is 1.98. The zero-order valence-electron chi connectivity index (χ0n) is 10.6. The van der Waals surface area contributed by atoms with Gasteiger partial charge in [-0.05, 0) is 34.5 Å². The molecule has 4 nitrogen and oxygen atoms in total. The lowest BCUT2D eigenvalue weighted by molar-refractivity contribution is 0.448. The zero-order chi connectivity index (χ0) is 13.8. The summed E-state index contributed by atoms with van der Waals surface area (Å²) in [7, 11) is 1.78. The molecule has 2 rings (SSSR count). The maximum Gasteiger partial charge on any atom is 0.227 e. The maximum absolute atomic E-state index is 13.2. The minimum Gasteiger partial charge on any atom is -0.437 e. The molecule has 100 valence electrons. The van der Waals surface area contributed by atoms with Crippen molar-refractivity contribution in [1.29, 1.82) is 0 Å². The van der Waals surface area contributed by atoms with E-state index in [1.807, 2.05) is 6.92 Å². The summed E-state index contributed by atoms with van der Waals surface area (Å²) in [6, 6.07) is 4.26. The van der Waals surface area contributed by atoms with Gasteiger partial charge in [-0.2, -0.15) is 0 Å². The van der Waals surface area contributed by atoms with Gasteiger partial charge in [0, 0.05) is 13.1 Å². The number of aromatic nitrogens is 2. The first-order valence-electron chi connectivity index (χ1n) is 5.80. The van der Waals surface area contributed by atoms with Crippen molar-refractivity contribution < 1.29 is 9.13 Å². The fourth-order valence-electron chi connectivity index (χ4n) is 1.68. The van der Waals surface area contributed by atoms with Crippen molar-refractivity contribution in [2.24, 2.45) is 0 Å². The van der Waals surface area contributed by atoms with E-state index in [-0.39, 0.29) is 5.82 Å². The topological polar surface area (TPSA) is 47.0 Å². The van der Waals surface area contributed by atoms with Crippen LogP contribution in [-0.4, -0.2) is 17.0 Å². The molecular weight excluding hydrogens is 313 g/mol. The summed E-state index contributed by atoms with van der Waals surface area (Å²) in [5.41, 5.74) is 0.848. The fourth-order valence-corrected chi connectivity index (χ4v) is 2.01. The normalized spacial score (nSPS) is 10.3. The number of benzene rings is 1. The molecule has 0 aliphatic heterocycles. The minimum atomic E-state index is -0.362. The lowest BCUT2D eigenvalue weighted by Crippen LogP contribution is -2.02. The number of rotatable bonds is 4. The Balaban J connectivity index is 2.40. The second-order valence-electron chi connectivity index (χ2n) is 3.79. The molecule has 0 unspecified atom stereocenters. The molecule has 1 aromatic carbocycles. The highest BCUT2D eigenvalue weighted by Gasteiger charge is 2.12. The molecule has 0 fully saturated rings. The molecule has 2 aromatic rings. The quantitative estimate of drug-likeness (QED) is 0.929. The molecule has 0 radical (unpaired) electrons. The van der Waals surface area contributed by atoms with Crippen molar-refractivity contribution in [3.8, 4) is 11.6 Å². The smallest absolute Gasteiger partial charge is 0.227 e. The van der Waals surface area contributed by atoms with Crippen molar-refractivity contribution in [1.82, 2.24) is 9.97 Å². The molecule has 1 heterocycles. The Hall–Kier alpha value is -1.69. The molecular formula is C13H13BrFN3O. The number of hydrogen-bond donors (Lipinski definition) is 1. The Labute approximate surface area is 119 Å². The molecule has 1 N–H and O–H groups in total. The van der Waals surface area contributed by atoms with Crippen LogP contribution in [0.5, 0.6) is 11.6 Å². The molecule has 19 heavy (non-hydrogen) atoms. The van der Waals surface area contributed by atoms with Gasteiger partial charge in [0.2, 0.25) is 5.88 Å². The van der Waals surface area contributed by atoms with Crippen LogP contribution in [0.4, 0.5) is 10.2 Å². The van der Waals surface area contributed by atoms with Crippen LogP contribution >= 0.6 is 15.9 Å². The van der Waals surface area contributed by atoms with Gasteiger partial charge in [-0.15, -0.1) is 0 Å². The summed E-state index contributed by atoms with van der Waals surface area (Å²) >= 11 is 3.32. The second kappa shape index (κ2) is 5.97. The zero-order valence-corrected chi connectivity index (χ0v) is 12.2. The molecule has 6 heteroatoms. The van der Waals surface area contributed by atoms with Crippen LogP contribution in [0.3, 0.4) is 0 Å². The van der Waals surface area contributed by atoms with Crippen LogP contribution in [0.1, 0.15) is 12.5 Å². The molecule has 0 atom stereocenters. The second-order valence-corrected chi connectivity index (χ2v) is 4.64. The summed E-state index contributed by atoms with van der Waals surface area (Å²) in [6.07, 6.45) is 2.12. The predicted molar refractivity (Wildman–Crippen MR) is 75.1 cm³/mol. The molecule has 0 aliphatic carbocycles. The summed E-state index contributed by atoms with van der Waals surface area (Å²) in [5, 5.41) is 2.98. The van der Waals surface area contributed by atoms with Crippen molar-refractivity contribution in [3.05, 3.63) is 40.4 Å². The van der Waals surface area contributed by atoms with Crippen molar-refractivity contribution >= 4 is 21.7 Å². The lowest BCUT2D eigenvalue weighted by Gasteiger charge is -2.12. The molecule has 1 aromatic heterocycles. The average Bonchev–Trinajstić information content (AvgIpc) is 2.42. The van der Waals surface area contributed by atoms with Crippen LogP contribution in [-0.2, 0) is 6.42 Å². The van der Waals surface area contributed by atoms with Gasteiger partial charge in [0.15, 0.2) is 0 Å². The van der Waals surface area contributed by atoms with Crippen molar-refractivity contribution in [3.63, 3.8) is 0 Å². The van der Waals surface area contributed by atoms with Crippen LogP contribution in [0, 0.1) is 5.82 Å². The summed E-state index contributed by atoms with van der Waals surface area (Å²) in [4.78, 5) is 8.23. The average molecular weight is 326 g/mol. The molecule has 0 spiro atoms. The molecule has 0 bridgehead atoms. The van der Waals surface area contributed by atoms with Gasteiger partial charge in [0.1, 0.15) is 23.7 Å². The number of anilines is 1. The minimum absolute atomic E-state index is 0.362. The Bertz CT molecular complexity index is 592. The first-order chi connectivity index (χ1) is 9.15. The van der Waals surface area contributed by atoms with E-state index in [9.17, 15) is 4.39 Å². The first-order valence-corrected chi connectivity index (χ1v) is 6.59. The SMILES string of the molecule is CCc1c(NC)ncnc1Oc1cc(F)ccc1Br. The number of halogens is 2. The Kier molecular flexibility index (Phi) is 4.31. The van der Waals surface area contributed by atoms with Crippen molar-refractivity contribution in [2.75, 3.05) is 12.4 Å². The third kappa shape index (κ3) is 3.01. The lowest BCUT2D eigenvalue weighted by atomic mass is 10.2. The third-order valence-electron chi connectivity index (χ3n) is 2.60. The van der Waals surface area contributed by atoms with E-state index in [0.717, 1.165) is 5.56 Å². The van der Waals surface area contributed by atoms with E-state index >= 15 is 0 Å². The molecule has 0 saturated carbocycles. The van der Waals surface area contributed by atoms with Gasteiger partial charge in [-0.3, -0.25) is 0 Å². The van der Waals surface area contributed by atoms with Gasteiger partial charge in [-0.1, -0.05) is 6.92 Å². The Morgan fingerprint density at radius 3 is 2.84 bits per heavy atom. The van der Waals surface area contributed by atoms with Gasteiger partial charge in [0.25, 0.3) is 0 Å². The standard InChI is InChI=1S/C13H13BrFN3O/c1-3-9-12(16-2)17-7-18-13(9)19-11-6-8(15)4-5-10(11)14/h4-7H,3H2,1-2H3,(H,16,17,18). The largest absolute Gasteiger partial charge is 0.437 e. The van der Waals surface area contributed by atoms with Crippen LogP contribution in [0.2, 0.25) is 0 Å². The monoisotopic (exact) mass is 325 g/mol. The van der Waals surface area contributed by atoms with E-state index in [0.29, 0.717) is 28.3 Å². The van der Waals surface area contributed by atoms with Gasteiger partial charge in [-0.25, -0.2) is 14.4 Å². The number of nitrogens with zero attached hydrogens (tertiary/aromatic N) is 2. The van der Waals surface area contributed by atoms with Gasteiger partial charge in [0.05, 0.1) is 10.0 Å². The van der Waals surface area contributed by atoms with E-state index in [4.69, 9.17) is 4.74 Å². The highest BCUT2D eigenvalue weighted by molar-refractivity contribution is 9.10. The van der Waals surface area contributed by atoms with Crippen molar-refractivity contribution in [2.45, 2.75) is 13.3 Å². The third-order valence-corrected chi connectivity index (χ3v) is 3.25. The predicted octanol–water partition coefficient (Wildman–Crippen LogP) is 3.77. The highest BCUT2D eigenvalue weighted by Crippen LogP contribution is 2.32. The van der Waals surface area contributed by atoms with Crippen LogP contribution in [0.15, 0.2) is 29.0 Å². The summed E-state index contributed by atoms with van der Waals surface area (Å²) < 4.78 is 19.6. The Morgan fingerprint density at radius 1 is 1.37 bits per heavy atom. The summed E-state index contributed by atoms with van der Waals surface area (Å²) in [5.74, 6) is 1.16. The van der Waals surface area contributed by atoms with Crippen LogP contribution < -0.4 is 10.1 Å². The number of hydrogen-bond acceptors (Lipinski definition) is 4. The molecule has 0 saturated heterocycles. The van der Waals surface area contributed by atoms with Gasteiger partial charge < -0.3 is 10.1 Å². The number of nitrogens with one attached hydrogen (secondary N) is 1. The first kappa shape index (κ1) is 13.7. The van der Waals surface area contributed by atoms with E-state index in [2.05, 4.69) is 31.2 Å². The van der Waals surface area contributed by atoms with E-state index in [1.165, 1.54) is 18.5 Å². The van der Waals surface area contributed by atoms with E-state index in [1.54, 1.807) is 13.1 Å². The maximum atomic E-state index is 13.2. The molecule has 0 aliphatic rings. The fraction of sp³-hybridized carbons (Fsp3) is 0.231. The molecule has 0 amide bonds.